The standard InChI is InChI=1S/C17H29N5O8/c1-7(23)12(15(27)20-10(17(29)30)6-11(18)25)22-16(28)13(8(2)24)21-14(26)9-4-3-5-19-9/h7-10,12-13,19,23-24H,3-6H2,1-2H3,(H2,18,25)(H,20,27)(H,21,26)(H,22,28)(H,29,30). The third-order valence-electron chi connectivity index (χ3n) is 4.52. The highest BCUT2D eigenvalue weighted by atomic mass is 16.4. The highest BCUT2D eigenvalue weighted by molar-refractivity contribution is 5.95. The van der Waals surface area contributed by atoms with Crippen LogP contribution in [-0.4, -0.2) is 87.8 Å². The fourth-order valence-corrected chi connectivity index (χ4v) is 2.88. The van der Waals surface area contributed by atoms with Gasteiger partial charge in [-0.2, -0.15) is 0 Å². The molecule has 0 aromatic carbocycles. The molecular weight excluding hydrogens is 402 g/mol. The van der Waals surface area contributed by atoms with Gasteiger partial charge in [0.1, 0.15) is 18.1 Å². The van der Waals surface area contributed by atoms with E-state index in [4.69, 9.17) is 10.8 Å². The fourth-order valence-electron chi connectivity index (χ4n) is 2.88. The molecule has 1 aliphatic heterocycles. The molecule has 13 nitrogen and oxygen atoms in total. The number of hydrogen-bond acceptors (Lipinski definition) is 8. The van der Waals surface area contributed by atoms with Crippen LogP contribution >= 0.6 is 0 Å². The molecule has 0 aromatic heterocycles. The van der Waals surface area contributed by atoms with Gasteiger partial charge in [-0.3, -0.25) is 19.2 Å². The van der Waals surface area contributed by atoms with Crippen molar-refractivity contribution in [1.82, 2.24) is 21.3 Å². The topological polar surface area (TPSA) is 220 Å². The van der Waals surface area contributed by atoms with E-state index in [1.54, 1.807) is 0 Å². The number of rotatable bonds is 11. The lowest BCUT2D eigenvalue weighted by molar-refractivity contribution is -0.144. The summed E-state index contributed by atoms with van der Waals surface area (Å²) >= 11 is 0. The Hall–Kier alpha value is -2.77. The molecule has 0 aliphatic carbocycles. The first kappa shape index (κ1) is 25.3. The number of amides is 4. The molecule has 0 spiro atoms. The van der Waals surface area contributed by atoms with Crippen LogP contribution in [0.4, 0.5) is 0 Å². The molecule has 4 amide bonds. The minimum absolute atomic E-state index is 0.501. The first-order chi connectivity index (χ1) is 13.9. The van der Waals surface area contributed by atoms with Crippen LogP contribution in [0.2, 0.25) is 0 Å². The van der Waals surface area contributed by atoms with Gasteiger partial charge in [-0.15, -0.1) is 0 Å². The van der Waals surface area contributed by atoms with Crippen molar-refractivity contribution in [3.05, 3.63) is 0 Å². The zero-order valence-corrected chi connectivity index (χ0v) is 16.8. The van der Waals surface area contributed by atoms with Crippen LogP contribution in [0.25, 0.3) is 0 Å². The number of primary amides is 1. The maximum absolute atomic E-state index is 12.6. The molecule has 0 bridgehead atoms. The van der Waals surface area contributed by atoms with E-state index in [1.165, 1.54) is 13.8 Å². The van der Waals surface area contributed by atoms with Gasteiger partial charge < -0.3 is 42.3 Å². The third kappa shape index (κ3) is 7.57. The molecule has 6 atom stereocenters. The van der Waals surface area contributed by atoms with Crippen molar-refractivity contribution >= 4 is 29.6 Å². The zero-order valence-electron chi connectivity index (χ0n) is 16.8. The Morgan fingerprint density at radius 3 is 1.97 bits per heavy atom. The summed E-state index contributed by atoms with van der Waals surface area (Å²) in [6.45, 7) is 3.08. The maximum atomic E-state index is 12.6. The van der Waals surface area contributed by atoms with Gasteiger partial charge in [-0.25, -0.2) is 4.79 Å². The molecule has 1 saturated heterocycles. The van der Waals surface area contributed by atoms with Gasteiger partial charge in [0.2, 0.25) is 23.6 Å². The summed E-state index contributed by atoms with van der Waals surface area (Å²) in [6, 6.07) is -5.21. The van der Waals surface area contributed by atoms with Crippen LogP contribution in [-0.2, 0) is 24.0 Å². The summed E-state index contributed by atoms with van der Waals surface area (Å²) in [5.74, 6) is -5.05. The van der Waals surface area contributed by atoms with Gasteiger partial charge in [0.25, 0.3) is 0 Å². The zero-order chi connectivity index (χ0) is 23.0. The molecule has 13 heteroatoms. The van der Waals surface area contributed by atoms with E-state index in [2.05, 4.69) is 16.0 Å². The van der Waals surface area contributed by atoms with E-state index in [1.807, 2.05) is 5.32 Å². The average Bonchev–Trinajstić information content (AvgIpc) is 3.16. The van der Waals surface area contributed by atoms with E-state index in [-0.39, 0.29) is 0 Å². The van der Waals surface area contributed by atoms with Crippen LogP contribution in [0.15, 0.2) is 0 Å². The third-order valence-corrected chi connectivity index (χ3v) is 4.52. The van der Waals surface area contributed by atoms with Gasteiger partial charge in [-0.05, 0) is 33.2 Å². The Morgan fingerprint density at radius 2 is 1.53 bits per heavy atom. The molecule has 0 saturated carbocycles. The number of nitrogens with two attached hydrogens (primary N) is 1. The van der Waals surface area contributed by atoms with Crippen molar-refractivity contribution < 1.29 is 39.3 Å². The van der Waals surface area contributed by atoms with Crippen LogP contribution in [0, 0.1) is 0 Å². The van der Waals surface area contributed by atoms with Gasteiger partial charge in [0, 0.05) is 0 Å². The van der Waals surface area contributed by atoms with Crippen LogP contribution < -0.4 is 27.0 Å². The number of aliphatic carboxylic acids is 1. The molecule has 6 unspecified atom stereocenters. The number of carboxylic acid groups (broad SMARTS) is 1. The van der Waals surface area contributed by atoms with Gasteiger partial charge in [-0.1, -0.05) is 0 Å². The normalized spacial score (nSPS) is 20.9. The molecule has 1 aliphatic rings. The van der Waals surface area contributed by atoms with Gasteiger partial charge >= 0.3 is 5.97 Å². The lowest BCUT2D eigenvalue weighted by Gasteiger charge is -2.27. The Bertz CT molecular complexity index is 663. The summed E-state index contributed by atoms with van der Waals surface area (Å²) in [5, 5.41) is 38.4. The van der Waals surface area contributed by atoms with E-state index in [0.29, 0.717) is 13.0 Å². The first-order valence-electron chi connectivity index (χ1n) is 9.45. The molecule has 1 fully saturated rings. The highest BCUT2D eigenvalue weighted by Gasteiger charge is 2.35. The predicted octanol–water partition coefficient (Wildman–Crippen LogP) is -4.09. The lowest BCUT2D eigenvalue weighted by Crippen LogP contribution is -2.61. The van der Waals surface area contributed by atoms with Gasteiger partial charge in [0.05, 0.1) is 24.7 Å². The van der Waals surface area contributed by atoms with Crippen molar-refractivity contribution in [2.75, 3.05) is 6.54 Å². The van der Waals surface area contributed by atoms with Crippen molar-refractivity contribution in [3.8, 4) is 0 Å². The minimum atomic E-state index is -1.66. The van der Waals surface area contributed by atoms with E-state index >= 15 is 0 Å². The number of aliphatic hydroxyl groups is 2. The predicted molar refractivity (Wildman–Crippen MR) is 102 cm³/mol. The number of nitrogens with one attached hydrogen (secondary N) is 4. The Balaban J connectivity index is 2.85. The monoisotopic (exact) mass is 431 g/mol. The number of hydrogen-bond donors (Lipinski definition) is 8. The van der Waals surface area contributed by atoms with E-state index in [9.17, 15) is 34.2 Å². The summed E-state index contributed by atoms with van der Waals surface area (Å²) in [7, 11) is 0. The van der Waals surface area contributed by atoms with Crippen molar-refractivity contribution in [3.63, 3.8) is 0 Å². The number of carbonyl (C=O) groups is 5. The largest absolute Gasteiger partial charge is 0.480 e. The maximum Gasteiger partial charge on any atom is 0.326 e. The summed E-state index contributed by atoms with van der Waals surface area (Å²) in [6.07, 6.45) is -2.13. The smallest absolute Gasteiger partial charge is 0.326 e. The SMILES string of the molecule is CC(O)C(NC(=O)C1CCCN1)C(=O)NC(C(=O)NC(CC(N)=O)C(=O)O)C(C)O. The summed E-state index contributed by atoms with van der Waals surface area (Å²) in [5.41, 5.74) is 4.95. The molecule has 0 radical (unpaired) electrons. The minimum Gasteiger partial charge on any atom is -0.480 e. The fraction of sp³-hybridized carbons (Fsp3) is 0.706. The van der Waals surface area contributed by atoms with E-state index < -0.39 is 72.4 Å². The quantitative estimate of drug-likeness (QED) is 0.159. The van der Waals surface area contributed by atoms with Crippen molar-refractivity contribution in [2.45, 2.75) is 69.5 Å². The Morgan fingerprint density at radius 1 is 1.00 bits per heavy atom. The Kier molecular flexibility index (Phi) is 9.62. The second-order valence-electron chi connectivity index (χ2n) is 7.17. The first-order valence-corrected chi connectivity index (χ1v) is 9.45. The molecule has 9 N–H and O–H groups in total. The number of carboxylic acids is 1. The number of aliphatic hydroxyl groups excluding tert-OH is 2. The summed E-state index contributed by atoms with van der Waals surface area (Å²) in [4.78, 5) is 59.3. The molecule has 1 heterocycles. The van der Waals surface area contributed by atoms with Crippen LogP contribution in [0.1, 0.15) is 33.1 Å². The number of carbonyl (C=O) groups excluding carboxylic acids is 4. The van der Waals surface area contributed by atoms with Crippen LogP contribution in [0.3, 0.4) is 0 Å². The average molecular weight is 431 g/mol. The molecular formula is C17H29N5O8. The Labute approximate surface area is 172 Å². The second kappa shape index (κ2) is 11.4. The van der Waals surface area contributed by atoms with Crippen molar-refractivity contribution in [2.24, 2.45) is 5.73 Å². The van der Waals surface area contributed by atoms with Crippen molar-refractivity contribution in [1.29, 1.82) is 0 Å². The second-order valence-corrected chi connectivity index (χ2v) is 7.17. The van der Waals surface area contributed by atoms with Gasteiger partial charge in [0.15, 0.2) is 0 Å². The molecule has 30 heavy (non-hydrogen) atoms. The summed E-state index contributed by atoms with van der Waals surface area (Å²) < 4.78 is 0. The van der Waals surface area contributed by atoms with E-state index in [0.717, 1.165) is 6.42 Å². The molecule has 170 valence electrons. The molecule has 1 rings (SSSR count). The highest BCUT2D eigenvalue weighted by Crippen LogP contribution is 2.06. The molecule has 0 aromatic rings. The van der Waals surface area contributed by atoms with Crippen LogP contribution in [0.5, 0.6) is 0 Å². The lowest BCUT2D eigenvalue weighted by atomic mass is 10.1.